The molecule has 0 bridgehead atoms. The van der Waals surface area contributed by atoms with E-state index >= 15 is 0 Å². The number of rotatable bonds is 7. The van der Waals surface area contributed by atoms with E-state index in [0.29, 0.717) is 0 Å². The average Bonchev–Trinajstić information content (AvgIpc) is 1.94. The van der Waals surface area contributed by atoms with Crippen LogP contribution < -0.4 is 0 Å². The Kier molecular flexibility index (Phi) is 6.82. The van der Waals surface area contributed by atoms with Gasteiger partial charge < -0.3 is 0 Å². The second kappa shape index (κ2) is 6.70. The third-order valence-electron chi connectivity index (χ3n) is 2.18. The second-order valence-corrected chi connectivity index (χ2v) is 10.6. The van der Waals surface area contributed by atoms with Gasteiger partial charge in [0, 0.05) is 8.07 Å². The first-order valence-corrected chi connectivity index (χ1v) is 9.06. The summed E-state index contributed by atoms with van der Waals surface area (Å²) in [4.78, 5) is 0. The molecule has 0 rings (SSSR count). The van der Waals surface area contributed by atoms with E-state index in [2.05, 4.69) is 26.6 Å². The lowest BCUT2D eigenvalue weighted by Gasteiger charge is -2.14. The van der Waals surface area contributed by atoms with Crippen LogP contribution in [0, 0.1) is 6.92 Å². The molecule has 0 unspecified atom stereocenters. The first kappa shape index (κ1) is 12.2. The van der Waals surface area contributed by atoms with Crippen molar-refractivity contribution in [3.63, 3.8) is 0 Å². The zero-order valence-corrected chi connectivity index (χ0v) is 10.2. The van der Waals surface area contributed by atoms with Crippen LogP contribution in [0.3, 0.4) is 0 Å². The van der Waals surface area contributed by atoms with Gasteiger partial charge in [-0.2, -0.15) is 0 Å². The van der Waals surface area contributed by atoms with Gasteiger partial charge in [0.05, 0.1) is 0 Å². The van der Waals surface area contributed by atoms with Gasteiger partial charge in [0.15, 0.2) is 0 Å². The Morgan fingerprint density at radius 2 is 1.33 bits per heavy atom. The Bertz CT molecular complexity index is 91.7. The van der Waals surface area contributed by atoms with Gasteiger partial charge in [-0.1, -0.05) is 71.1 Å². The molecular weight excluding hydrogens is 160 g/mol. The number of hydrogen-bond donors (Lipinski definition) is 0. The van der Waals surface area contributed by atoms with Crippen molar-refractivity contribution in [1.82, 2.24) is 0 Å². The molecule has 12 heavy (non-hydrogen) atoms. The Labute approximate surface area is 79.8 Å². The van der Waals surface area contributed by atoms with E-state index in [0.717, 1.165) is 6.42 Å². The molecule has 0 heterocycles. The van der Waals surface area contributed by atoms with Crippen LogP contribution in [0.5, 0.6) is 0 Å². The minimum Gasteiger partial charge on any atom is -0.0695 e. The van der Waals surface area contributed by atoms with Crippen molar-refractivity contribution in [3.8, 4) is 0 Å². The lowest BCUT2D eigenvalue weighted by molar-refractivity contribution is 0.634. The van der Waals surface area contributed by atoms with Gasteiger partial charge in [-0.3, -0.25) is 0 Å². The summed E-state index contributed by atoms with van der Waals surface area (Å²) in [5, 5.41) is 0. The van der Waals surface area contributed by atoms with Crippen molar-refractivity contribution in [2.45, 2.75) is 64.2 Å². The predicted molar refractivity (Wildman–Crippen MR) is 61.2 cm³/mol. The molecule has 0 saturated carbocycles. The normalized spacial score (nSPS) is 12.0. The largest absolute Gasteiger partial charge is 0.0695 e. The Morgan fingerprint density at radius 1 is 0.833 bits per heavy atom. The SMILES string of the molecule is [CH2]CCCCCCC[Si](C)(C)C. The smallest absolute Gasteiger partial charge is 0.0442 e. The van der Waals surface area contributed by atoms with Crippen LogP contribution in [0.1, 0.15) is 38.5 Å². The van der Waals surface area contributed by atoms with Crippen LogP contribution in [0.4, 0.5) is 0 Å². The molecule has 1 radical (unpaired) electrons. The summed E-state index contributed by atoms with van der Waals surface area (Å²) >= 11 is 0. The van der Waals surface area contributed by atoms with E-state index in [-0.39, 0.29) is 0 Å². The van der Waals surface area contributed by atoms with Crippen LogP contribution in [-0.4, -0.2) is 8.07 Å². The molecule has 0 saturated heterocycles. The summed E-state index contributed by atoms with van der Waals surface area (Å²) in [5.74, 6) is 0. The van der Waals surface area contributed by atoms with Crippen molar-refractivity contribution in [2.75, 3.05) is 0 Å². The number of hydrogen-bond acceptors (Lipinski definition) is 0. The Balaban J connectivity index is 3.01. The molecule has 0 N–H and O–H groups in total. The maximum absolute atomic E-state index is 3.85. The predicted octanol–water partition coefficient (Wildman–Crippen LogP) is 4.50. The van der Waals surface area contributed by atoms with Crippen LogP contribution in [0.15, 0.2) is 0 Å². The van der Waals surface area contributed by atoms with Gasteiger partial charge in [0.2, 0.25) is 0 Å². The summed E-state index contributed by atoms with van der Waals surface area (Å²) in [6.45, 7) is 11.2. The summed E-state index contributed by atoms with van der Waals surface area (Å²) in [7, 11) is -0.738. The van der Waals surface area contributed by atoms with Crippen molar-refractivity contribution < 1.29 is 0 Å². The summed E-state index contributed by atoms with van der Waals surface area (Å²) < 4.78 is 0. The van der Waals surface area contributed by atoms with Crippen molar-refractivity contribution in [2.24, 2.45) is 0 Å². The van der Waals surface area contributed by atoms with Crippen LogP contribution in [-0.2, 0) is 0 Å². The van der Waals surface area contributed by atoms with Gasteiger partial charge >= 0.3 is 0 Å². The van der Waals surface area contributed by atoms with Gasteiger partial charge in [-0.25, -0.2) is 0 Å². The fourth-order valence-corrected chi connectivity index (χ4v) is 2.67. The Hall–Kier alpha value is 0.217. The van der Waals surface area contributed by atoms with E-state index in [1.165, 1.54) is 38.1 Å². The van der Waals surface area contributed by atoms with Crippen LogP contribution in [0.25, 0.3) is 0 Å². The molecule has 0 fully saturated rings. The molecule has 0 nitrogen and oxygen atoms in total. The first-order valence-electron chi connectivity index (χ1n) is 5.35. The maximum atomic E-state index is 3.85. The highest BCUT2D eigenvalue weighted by atomic mass is 28.3. The second-order valence-electron chi connectivity index (χ2n) is 4.93. The minimum atomic E-state index is -0.738. The first-order chi connectivity index (χ1) is 5.56. The quantitative estimate of drug-likeness (QED) is 0.405. The van der Waals surface area contributed by atoms with Gasteiger partial charge in [-0.15, -0.1) is 0 Å². The van der Waals surface area contributed by atoms with E-state index in [1.807, 2.05) is 0 Å². The highest BCUT2D eigenvalue weighted by Crippen LogP contribution is 2.15. The van der Waals surface area contributed by atoms with E-state index < -0.39 is 8.07 Å². The number of unbranched alkanes of at least 4 members (excludes halogenated alkanes) is 5. The molecule has 0 aromatic heterocycles. The minimum absolute atomic E-state index is 0.738. The molecule has 0 aliphatic carbocycles. The molecular formula is C11H25Si. The van der Waals surface area contributed by atoms with Gasteiger partial charge in [-0.05, 0) is 0 Å². The molecule has 0 atom stereocenters. The highest BCUT2D eigenvalue weighted by Gasteiger charge is 2.11. The van der Waals surface area contributed by atoms with Crippen LogP contribution >= 0.6 is 0 Å². The fraction of sp³-hybridized carbons (Fsp3) is 0.909. The van der Waals surface area contributed by atoms with Gasteiger partial charge in [0.25, 0.3) is 0 Å². The van der Waals surface area contributed by atoms with Gasteiger partial charge in [0.1, 0.15) is 0 Å². The molecule has 73 valence electrons. The highest BCUT2D eigenvalue weighted by molar-refractivity contribution is 6.76. The van der Waals surface area contributed by atoms with Crippen molar-refractivity contribution in [3.05, 3.63) is 6.92 Å². The summed E-state index contributed by atoms with van der Waals surface area (Å²) in [5.41, 5.74) is 0. The zero-order valence-electron chi connectivity index (χ0n) is 9.16. The molecule has 1 heteroatoms. The average molecular weight is 185 g/mol. The zero-order chi connectivity index (χ0) is 9.45. The van der Waals surface area contributed by atoms with E-state index in [1.54, 1.807) is 0 Å². The van der Waals surface area contributed by atoms with Crippen molar-refractivity contribution in [1.29, 1.82) is 0 Å². The summed E-state index contributed by atoms with van der Waals surface area (Å²) in [6.07, 6.45) is 8.19. The fourth-order valence-electron chi connectivity index (χ4n) is 1.36. The van der Waals surface area contributed by atoms with Crippen molar-refractivity contribution >= 4 is 8.07 Å². The standard InChI is InChI=1S/C11H25Si/c1-5-6-7-8-9-10-11-12(2,3)4/h1,5-11H2,2-4H3. The lowest BCUT2D eigenvalue weighted by atomic mass is 10.1. The molecule has 0 aliphatic rings. The molecule has 0 amide bonds. The Morgan fingerprint density at radius 3 is 1.83 bits per heavy atom. The topological polar surface area (TPSA) is 0 Å². The molecule has 0 aromatic rings. The van der Waals surface area contributed by atoms with Crippen LogP contribution in [0.2, 0.25) is 25.7 Å². The monoisotopic (exact) mass is 185 g/mol. The maximum Gasteiger partial charge on any atom is 0.0442 e. The molecule has 0 aromatic carbocycles. The lowest BCUT2D eigenvalue weighted by Crippen LogP contribution is -2.18. The summed E-state index contributed by atoms with van der Waals surface area (Å²) in [6, 6.07) is 1.51. The third-order valence-corrected chi connectivity index (χ3v) is 4.03. The third kappa shape index (κ3) is 10.2. The van der Waals surface area contributed by atoms with E-state index in [9.17, 15) is 0 Å². The molecule has 0 aliphatic heterocycles. The molecule has 0 spiro atoms. The van der Waals surface area contributed by atoms with E-state index in [4.69, 9.17) is 0 Å².